The molecule has 0 bridgehead atoms. The first-order valence-corrected chi connectivity index (χ1v) is 2.48. The molecule has 48 valence electrons. The summed E-state index contributed by atoms with van der Waals surface area (Å²) in [6.07, 6.45) is -0.535. The highest BCUT2D eigenvalue weighted by Crippen LogP contribution is 1.90. The van der Waals surface area contributed by atoms with Crippen molar-refractivity contribution in [2.75, 3.05) is 7.11 Å². The summed E-state index contributed by atoms with van der Waals surface area (Å²) in [5, 5.41) is 8.65. The molecule has 0 aliphatic carbocycles. The van der Waals surface area contributed by atoms with Crippen LogP contribution in [0.4, 0.5) is 0 Å². The number of ether oxygens (including phenoxy) is 1. The molecule has 3 nitrogen and oxygen atoms in total. The second-order valence-electron chi connectivity index (χ2n) is 1.45. The summed E-state index contributed by atoms with van der Waals surface area (Å²) < 4.78 is 4.21. The Bertz CT molecular complexity index is 79.7. The van der Waals surface area contributed by atoms with E-state index in [0.717, 1.165) is 0 Å². The number of aliphatic hydroxyl groups excluding tert-OH is 1. The molecule has 8 heavy (non-hydrogen) atoms. The number of carbonyl (C=O) groups is 1. The topological polar surface area (TPSA) is 46.5 Å². The molecule has 0 rings (SSSR count). The summed E-state index contributed by atoms with van der Waals surface area (Å²) in [5.41, 5.74) is 0. The van der Waals surface area contributed by atoms with Gasteiger partial charge in [0.05, 0.1) is 7.11 Å². The summed E-state index contributed by atoms with van der Waals surface area (Å²) in [4.78, 5) is 10.3. The van der Waals surface area contributed by atoms with Crippen LogP contribution >= 0.6 is 0 Å². The van der Waals surface area contributed by atoms with Crippen LogP contribution in [0.3, 0.4) is 0 Å². The molecule has 0 aromatic heterocycles. The van der Waals surface area contributed by atoms with E-state index in [4.69, 9.17) is 5.11 Å². The molecule has 0 aromatic rings. The third-order valence-corrected chi connectivity index (χ3v) is 0.860. The molecule has 0 radical (unpaired) electrons. The quantitative estimate of drug-likeness (QED) is 0.516. The predicted molar refractivity (Wildman–Crippen MR) is 28.3 cm³/mol. The zero-order chi connectivity index (χ0) is 6.57. The summed E-state index contributed by atoms with van der Waals surface area (Å²) in [6.45, 7) is 1.71. The van der Waals surface area contributed by atoms with Crippen molar-refractivity contribution < 1.29 is 14.6 Å². The molecular formula is C5H10O3. The Morgan fingerprint density at radius 2 is 2.38 bits per heavy atom. The van der Waals surface area contributed by atoms with Crippen molar-refractivity contribution in [2.24, 2.45) is 0 Å². The third-order valence-electron chi connectivity index (χ3n) is 0.860. The minimum absolute atomic E-state index is 0.409. The largest absolute Gasteiger partial charge is 0.467 e. The molecule has 1 atom stereocenters. The lowest BCUT2D eigenvalue weighted by molar-refractivity contribution is -0.150. The van der Waals surface area contributed by atoms with Crippen molar-refractivity contribution in [2.45, 2.75) is 19.4 Å². The van der Waals surface area contributed by atoms with Gasteiger partial charge < -0.3 is 9.84 Å². The molecule has 0 aliphatic heterocycles. The van der Waals surface area contributed by atoms with Gasteiger partial charge >= 0.3 is 5.97 Å². The van der Waals surface area contributed by atoms with Gasteiger partial charge in [0.1, 0.15) is 0 Å². The average Bonchev–Trinajstić information content (AvgIpc) is 1.84. The van der Waals surface area contributed by atoms with Gasteiger partial charge in [-0.3, -0.25) is 0 Å². The Morgan fingerprint density at radius 1 is 1.88 bits per heavy atom. The number of rotatable bonds is 2. The monoisotopic (exact) mass is 118 g/mol. The normalized spacial score (nSPS) is 12.9. The van der Waals surface area contributed by atoms with Crippen LogP contribution in [0.5, 0.6) is 0 Å². The first kappa shape index (κ1) is 7.43. The predicted octanol–water partition coefficient (Wildman–Crippen LogP) is -0.0697. The van der Waals surface area contributed by atoms with E-state index in [9.17, 15) is 4.79 Å². The summed E-state index contributed by atoms with van der Waals surface area (Å²) >= 11 is 0. The van der Waals surface area contributed by atoms with Gasteiger partial charge in [0.25, 0.3) is 0 Å². The number of methoxy groups -OCH3 is 1. The Balaban J connectivity index is 3.46. The van der Waals surface area contributed by atoms with Crippen LogP contribution in [-0.2, 0) is 9.53 Å². The van der Waals surface area contributed by atoms with Crippen LogP contribution in [0.2, 0.25) is 0 Å². The van der Waals surface area contributed by atoms with E-state index in [1.807, 2.05) is 0 Å². The maximum atomic E-state index is 10.3. The van der Waals surface area contributed by atoms with Gasteiger partial charge in [-0.1, -0.05) is 6.92 Å². The van der Waals surface area contributed by atoms with Gasteiger partial charge in [0, 0.05) is 0 Å². The van der Waals surface area contributed by atoms with Crippen LogP contribution in [0.15, 0.2) is 0 Å². The molecule has 0 aromatic carbocycles. The van der Waals surface area contributed by atoms with Gasteiger partial charge in [-0.2, -0.15) is 0 Å². The smallest absolute Gasteiger partial charge is 0.334 e. The average molecular weight is 118 g/mol. The highest BCUT2D eigenvalue weighted by molar-refractivity contribution is 5.73. The molecule has 1 unspecified atom stereocenters. The first-order chi connectivity index (χ1) is 3.72. The Hall–Kier alpha value is -0.570. The fourth-order valence-corrected chi connectivity index (χ4v) is 0.303. The number of carbonyl (C=O) groups excluding carboxylic acids is 1. The lowest BCUT2D eigenvalue weighted by Gasteiger charge is -2.01. The molecule has 0 amide bonds. The fraction of sp³-hybridized carbons (Fsp3) is 0.800. The lowest BCUT2D eigenvalue weighted by atomic mass is 10.3. The molecule has 0 spiro atoms. The van der Waals surface area contributed by atoms with E-state index in [1.165, 1.54) is 7.11 Å². The van der Waals surface area contributed by atoms with E-state index < -0.39 is 12.1 Å². The van der Waals surface area contributed by atoms with E-state index in [2.05, 4.69) is 4.74 Å². The van der Waals surface area contributed by atoms with E-state index in [1.54, 1.807) is 6.92 Å². The van der Waals surface area contributed by atoms with E-state index in [0.29, 0.717) is 6.42 Å². The minimum atomic E-state index is -0.944. The third kappa shape index (κ3) is 1.93. The molecule has 1 N–H and O–H groups in total. The van der Waals surface area contributed by atoms with Gasteiger partial charge in [0.15, 0.2) is 6.10 Å². The number of aliphatic hydroxyl groups is 1. The van der Waals surface area contributed by atoms with Crippen molar-refractivity contribution in [3.63, 3.8) is 0 Å². The zero-order valence-electron chi connectivity index (χ0n) is 5.05. The van der Waals surface area contributed by atoms with Crippen LogP contribution in [0, 0.1) is 0 Å². The molecule has 0 saturated heterocycles. The van der Waals surface area contributed by atoms with Crippen molar-refractivity contribution in [3.05, 3.63) is 0 Å². The van der Waals surface area contributed by atoms with Crippen LogP contribution in [-0.4, -0.2) is 24.3 Å². The summed E-state index contributed by atoms with van der Waals surface area (Å²) in [5.74, 6) is -0.563. The lowest BCUT2D eigenvalue weighted by Crippen LogP contribution is -2.20. The Labute approximate surface area is 48.3 Å². The number of hydrogen-bond acceptors (Lipinski definition) is 3. The molecular weight excluding hydrogens is 108 g/mol. The van der Waals surface area contributed by atoms with E-state index in [-0.39, 0.29) is 0 Å². The van der Waals surface area contributed by atoms with Crippen molar-refractivity contribution in [1.29, 1.82) is 0 Å². The maximum Gasteiger partial charge on any atom is 0.334 e. The molecule has 3 heteroatoms. The van der Waals surface area contributed by atoms with Crippen LogP contribution < -0.4 is 0 Å². The Kier molecular flexibility index (Phi) is 3.19. The summed E-state index contributed by atoms with van der Waals surface area (Å²) in [6, 6.07) is 0. The molecule has 0 saturated carbocycles. The molecule has 0 fully saturated rings. The van der Waals surface area contributed by atoms with Crippen LogP contribution in [0.25, 0.3) is 0 Å². The molecule has 0 heterocycles. The highest BCUT2D eigenvalue weighted by atomic mass is 16.5. The minimum Gasteiger partial charge on any atom is -0.467 e. The first-order valence-electron chi connectivity index (χ1n) is 2.48. The zero-order valence-corrected chi connectivity index (χ0v) is 5.05. The van der Waals surface area contributed by atoms with Crippen molar-refractivity contribution in [1.82, 2.24) is 0 Å². The van der Waals surface area contributed by atoms with Gasteiger partial charge in [-0.15, -0.1) is 0 Å². The second-order valence-corrected chi connectivity index (χ2v) is 1.45. The van der Waals surface area contributed by atoms with Crippen molar-refractivity contribution >= 4 is 5.97 Å². The number of hydrogen-bond donors (Lipinski definition) is 1. The van der Waals surface area contributed by atoms with Gasteiger partial charge in [0.2, 0.25) is 0 Å². The summed E-state index contributed by atoms with van der Waals surface area (Å²) in [7, 11) is 1.25. The van der Waals surface area contributed by atoms with E-state index >= 15 is 0 Å². The number of esters is 1. The molecule has 0 aliphatic rings. The SMILES string of the molecule is CCC(O)C(=O)OC. The highest BCUT2D eigenvalue weighted by Gasteiger charge is 2.10. The van der Waals surface area contributed by atoms with Crippen LogP contribution in [0.1, 0.15) is 13.3 Å². The maximum absolute atomic E-state index is 10.3. The standard InChI is InChI=1S/C5H10O3/c1-3-4(6)5(7)8-2/h4,6H,3H2,1-2H3. The van der Waals surface area contributed by atoms with Gasteiger partial charge in [-0.25, -0.2) is 4.79 Å². The fourth-order valence-electron chi connectivity index (χ4n) is 0.303. The van der Waals surface area contributed by atoms with Crippen molar-refractivity contribution in [3.8, 4) is 0 Å². The second kappa shape index (κ2) is 3.43. The Morgan fingerprint density at radius 3 is 2.50 bits per heavy atom. The van der Waals surface area contributed by atoms with Gasteiger partial charge in [-0.05, 0) is 6.42 Å².